The Morgan fingerprint density at radius 2 is 1.80 bits per heavy atom. The van der Waals surface area contributed by atoms with Crippen LogP contribution in [0.25, 0.3) is 0 Å². The Labute approximate surface area is 239 Å². The third kappa shape index (κ3) is 5.17. The van der Waals surface area contributed by atoms with Crippen LogP contribution >= 0.6 is 0 Å². The van der Waals surface area contributed by atoms with Gasteiger partial charge in [-0.25, -0.2) is 9.97 Å². The smallest absolute Gasteiger partial charge is 0.374 e. The number of rotatable bonds is 6. The number of nitrogens with one attached hydrogen (secondary N) is 1. The van der Waals surface area contributed by atoms with E-state index in [0.29, 0.717) is 50.5 Å². The van der Waals surface area contributed by atoms with E-state index in [2.05, 4.69) is 41.0 Å². The Hall–Kier alpha value is -2.54. The van der Waals surface area contributed by atoms with Crippen LogP contribution in [-0.4, -0.2) is 98.1 Å². The van der Waals surface area contributed by atoms with Crippen LogP contribution in [0, 0.1) is 12.8 Å². The number of hydrogen-bond acceptors (Lipinski definition) is 9. The first-order valence-corrected chi connectivity index (χ1v) is 14.6. The minimum Gasteiger partial charge on any atom is -0.374 e. The number of methoxy groups -OCH3 is 1. The summed E-state index contributed by atoms with van der Waals surface area (Å²) in [5, 5.41) is 3.36. The van der Waals surface area contributed by atoms with Gasteiger partial charge in [-0.2, -0.15) is 13.2 Å². The predicted molar refractivity (Wildman–Crippen MR) is 149 cm³/mol. The Morgan fingerprint density at radius 3 is 2.41 bits per heavy atom. The van der Waals surface area contributed by atoms with E-state index >= 15 is 0 Å². The number of piperazine rings is 1. The Bertz CT molecular complexity index is 1250. The second kappa shape index (κ2) is 10.9. The maximum absolute atomic E-state index is 14.0. The highest BCUT2D eigenvalue weighted by Crippen LogP contribution is 2.43. The molecule has 2 aromatic heterocycles. The van der Waals surface area contributed by atoms with E-state index in [1.165, 1.54) is 5.56 Å². The molecule has 0 aliphatic carbocycles. The van der Waals surface area contributed by atoms with E-state index in [1.54, 1.807) is 13.2 Å². The lowest BCUT2D eigenvalue weighted by molar-refractivity contribution is -0.205. The van der Waals surface area contributed by atoms with Crippen molar-refractivity contribution in [1.29, 1.82) is 0 Å². The Morgan fingerprint density at radius 1 is 1.07 bits per heavy atom. The lowest BCUT2D eigenvalue weighted by Crippen LogP contribution is -2.68. The normalized spacial score (nSPS) is 28.8. The van der Waals surface area contributed by atoms with Crippen molar-refractivity contribution in [3.63, 3.8) is 0 Å². The number of ether oxygens (including phenoxy) is 2. The molecule has 0 saturated carbocycles. The van der Waals surface area contributed by atoms with Crippen molar-refractivity contribution in [1.82, 2.24) is 25.2 Å². The summed E-state index contributed by atoms with van der Waals surface area (Å²) >= 11 is 0. The van der Waals surface area contributed by atoms with E-state index in [4.69, 9.17) is 14.5 Å². The van der Waals surface area contributed by atoms with E-state index in [-0.39, 0.29) is 17.9 Å². The van der Waals surface area contributed by atoms with Gasteiger partial charge in [-0.15, -0.1) is 0 Å². The van der Waals surface area contributed by atoms with Crippen molar-refractivity contribution in [2.75, 3.05) is 75.9 Å². The molecule has 0 unspecified atom stereocenters. The van der Waals surface area contributed by atoms with Crippen LogP contribution in [0.5, 0.6) is 0 Å². The molecule has 0 amide bonds. The maximum Gasteiger partial charge on any atom is 0.451 e. The monoisotopic (exact) mass is 575 g/mol. The van der Waals surface area contributed by atoms with E-state index in [9.17, 15) is 13.2 Å². The van der Waals surface area contributed by atoms with Gasteiger partial charge in [0.1, 0.15) is 11.6 Å². The fraction of sp³-hybridized carbons (Fsp3) is 0.690. The minimum atomic E-state index is -4.62. The highest BCUT2D eigenvalue weighted by Gasteiger charge is 2.46. The van der Waals surface area contributed by atoms with Gasteiger partial charge < -0.3 is 24.6 Å². The molecular weight excluding hydrogens is 535 g/mol. The molecule has 6 heterocycles. The number of alkyl halides is 3. The minimum absolute atomic E-state index is 0.0807. The summed E-state index contributed by atoms with van der Waals surface area (Å²) in [6.45, 7) is 12.9. The molecular formula is C29H40F3N7O2. The van der Waals surface area contributed by atoms with Crippen LogP contribution in [0.3, 0.4) is 0 Å². The summed E-state index contributed by atoms with van der Waals surface area (Å²) in [7, 11) is 1.69. The van der Waals surface area contributed by atoms with Crippen LogP contribution in [0.1, 0.15) is 48.8 Å². The van der Waals surface area contributed by atoms with E-state index in [0.717, 1.165) is 43.9 Å². The van der Waals surface area contributed by atoms with Gasteiger partial charge in [0.05, 0.1) is 18.9 Å². The van der Waals surface area contributed by atoms with Crippen molar-refractivity contribution < 1.29 is 22.6 Å². The van der Waals surface area contributed by atoms with Crippen molar-refractivity contribution >= 4 is 11.6 Å². The average molecular weight is 576 g/mol. The summed E-state index contributed by atoms with van der Waals surface area (Å²) in [4.78, 5) is 19.2. The third-order valence-electron chi connectivity index (χ3n) is 9.60. The van der Waals surface area contributed by atoms with Crippen molar-refractivity contribution in [3.8, 4) is 0 Å². The molecule has 1 N–H and O–H groups in total. The number of halogens is 3. The summed E-state index contributed by atoms with van der Waals surface area (Å²) in [5.41, 5.74) is 2.71. The number of piperidine rings is 1. The lowest BCUT2D eigenvalue weighted by Gasteiger charge is -2.53. The number of aromatic nitrogens is 3. The maximum atomic E-state index is 14.0. The molecule has 4 aliphatic heterocycles. The molecule has 0 spiro atoms. The van der Waals surface area contributed by atoms with Crippen LogP contribution < -0.4 is 15.1 Å². The highest BCUT2D eigenvalue weighted by atomic mass is 19.4. The fourth-order valence-corrected chi connectivity index (χ4v) is 7.01. The molecule has 6 rings (SSSR count). The summed E-state index contributed by atoms with van der Waals surface area (Å²) in [6, 6.07) is 4.17. The zero-order valence-corrected chi connectivity index (χ0v) is 24.2. The largest absolute Gasteiger partial charge is 0.451 e. The van der Waals surface area contributed by atoms with Crippen molar-refractivity contribution in [2.45, 2.75) is 57.0 Å². The second-order valence-corrected chi connectivity index (χ2v) is 12.1. The molecule has 0 bridgehead atoms. The van der Waals surface area contributed by atoms with Gasteiger partial charge in [-0.05, 0) is 49.3 Å². The van der Waals surface area contributed by atoms with Gasteiger partial charge in [0.2, 0.25) is 5.82 Å². The molecule has 2 aromatic rings. The lowest BCUT2D eigenvalue weighted by atomic mass is 9.76. The predicted octanol–water partition coefficient (Wildman–Crippen LogP) is 3.18. The number of nitrogens with zero attached hydrogens (tertiary/aromatic N) is 6. The SMILES string of the molecule is COC1(c2nccc(C)c2[C@@H]2CCN(c3cc(N4C[C@@H](N5CCNCC5)[C@H]4C)nc(C(F)(F)F)n3)C[C@H]2C)COC1. The first kappa shape index (κ1) is 28.6. The number of aryl methyl sites for hydroxylation is 1. The number of anilines is 2. The van der Waals surface area contributed by atoms with Gasteiger partial charge >= 0.3 is 6.18 Å². The zero-order chi connectivity index (χ0) is 28.9. The molecule has 41 heavy (non-hydrogen) atoms. The van der Waals surface area contributed by atoms with Crippen molar-refractivity contribution in [2.24, 2.45) is 5.92 Å². The molecule has 12 heteroatoms. The van der Waals surface area contributed by atoms with Gasteiger partial charge in [0.15, 0.2) is 5.60 Å². The van der Waals surface area contributed by atoms with Crippen LogP contribution in [0.2, 0.25) is 0 Å². The molecule has 4 atom stereocenters. The van der Waals surface area contributed by atoms with E-state index < -0.39 is 17.6 Å². The summed E-state index contributed by atoms with van der Waals surface area (Å²) in [6.07, 6.45) is -2.04. The second-order valence-electron chi connectivity index (χ2n) is 12.1. The molecule has 0 radical (unpaired) electrons. The topological polar surface area (TPSA) is 78.9 Å². The quantitative estimate of drug-likeness (QED) is 0.559. The molecule has 4 aliphatic rings. The summed E-state index contributed by atoms with van der Waals surface area (Å²) < 4.78 is 53.4. The Balaban J connectivity index is 1.24. The number of pyridine rings is 1. The number of hydrogen-bond donors (Lipinski definition) is 1. The zero-order valence-electron chi connectivity index (χ0n) is 24.2. The van der Waals surface area contributed by atoms with Crippen LogP contribution in [-0.2, 0) is 21.3 Å². The third-order valence-corrected chi connectivity index (χ3v) is 9.60. The molecule has 224 valence electrons. The van der Waals surface area contributed by atoms with Gasteiger partial charge in [0.25, 0.3) is 0 Å². The first-order valence-electron chi connectivity index (χ1n) is 14.6. The fourth-order valence-electron chi connectivity index (χ4n) is 7.01. The van der Waals surface area contributed by atoms with Crippen LogP contribution in [0.15, 0.2) is 18.3 Å². The van der Waals surface area contributed by atoms with Gasteiger partial charge in [-0.1, -0.05) is 6.92 Å². The standard InChI is InChI=1S/C29H40F3N7O2/c1-18-5-7-34-26(28(40-4)16-41-17-28)25(18)21-6-10-38(14-19(21)2)23-13-24(36-27(35-23)29(30,31)32)39-15-22(20(39)3)37-11-8-33-9-12-37/h5,7,13,19-22,33H,6,8-12,14-17H2,1-4H3/t19-,20-,21-,22-/m1/s1. The molecule has 4 fully saturated rings. The average Bonchev–Trinajstić information content (AvgIpc) is 2.92. The highest BCUT2D eigenvalue weighted by molar-refractivity contribution is 5.55. The molecule has 9 nitrogen and oxygen atoms in total. The van der Waals surface area contributed by atoms with Gasteiger partial charge in [-0.3, -0.25) is 9.88 Å². The van der Waals surface area contributed by atoms with Crippen molar-refractivity contribution in [3.05, 3.63) is 41.0 Å². The van der Waals surface area contributed by atoms with E-state index in [1.807, 2.05) is 22.1 Å². The first-order chi connectivity index (χ1) is 19.6. The summed E-state index contributed by atoms with van der Waals surface area (Å²) in [5.74, 6) is -0.0213. The molecule has 0 aromatic carbocycles. The van der Waals surface area contributed by atoms with Crippen LogP contribution in [0.4, 0.5) is 24.8 Å². The Kier molecular flexibility index (Phi) is 7.63. The molecule has 4 saturated heterocycles. The van der Waals surface area contributed by atoms with Gasteiger partial charge in [0, 0.05) is 77.3 Å².